The molecule has 0 radical (unpaired) electrons. The van der Waals surface area contributed by atoms with Crippen molar-refractivity contribution in [1.82, 2.24) is 9.88 Å². The van der Waals surface area contributed by atoms with Gasteiger partial charge >= 0.3 is 6.18 Å². The number of anilines is 1. The Hall–Kier alpha value is -1.79. The van der Waals surface area contributed by atoms with Crippen molar-refractivity contribution >= 4 is 11.7 Å². The molecule has 1 aliphatic heterocycles. The molecule has 1 saturated heterocycles. The number of halogens is 3. The van der Waals surface area contributed by atoms with E-state index in [1.165, 1.54) is 0 Å². The molecule has 0 spiro atoms. The molecule has 1 aliphatic rings. The number of pyridine rings is 1. The van der Waals surface area contributed by atoms with Crippen molar-refractivity contribution in [2.75, 3.05) is 25.0 Å². The number of amides is 1. The zero-order valence-electron chi connectivity index (χ0n) is 11.6. The van der Waals surface area contributed by atoms with Crippen molar-refractivity contribution < 1.29 is 18.0 Å². The van der Waals surface area contributed by atoms with E-state index in [9.17, 15) is 18.0 Å². The third-order valence-corrected chi connectivity index (χ3v) is 3.44. The summed E-state index contributed by atoms with van der Waals surface area (Å²) in [5, 5.41) is 2.77. The van der Waals surface area contributed by atoms with E-state index < -0.39 is 11.7 Å². The van der Waals surface area contributed by atoms with Gasteiger partial charge in [-0.1, -0.05) is 0 Å². The first kappa shape index (κ1) is 15.6. The Morgan fingerprint density at radius 1 is 1.29 bits per heavy atom. The maximum absolute atomic E-state index is 12.5. The van der Waals surface area contributed by atoms with Crippen molar-refractivity contribution in [3.8, 4) is 0 Å². The van der Waals surface area contributed by atoms with E-state index >= 15 is 0 Å². The summed E-state index contributed by atoms with van der Waals surface area (Å²) in [5.41, 5.74) is -0.748. The number of nitrogens with one attached hydrogen (secondary N) is 1. The van der Waals surface area contributed by atoms with Crippen LogP contribution in [0.25, 0.3) is 0 Å². The Balaban J connectivity index is 1.82. The predicted molar refractivity (Wildman–Crippen MR) is 72.8 cm³/mol. The van der Waals surface area contributed by atoms with Crippen LogP contribution in [0.15, 0.2) is 18.3 Å². The molecule has 2 rings (SSSR count). The molecule has 0 aromatic carbocycles. The van der Waals surface area contributed by atoms with Crippen LogP contribution < -0.4 is 5.32 Å². The van der Waals surface area contributed by atoms with Crippen molar-refractivity contribution in [2.45, 2.75) is 31.9 Å². The van der Waals surface area contributed by atoms with Crippen LogP contribution in [0.1, 0.15) is 31.2 Å². The lowest BCUT2D eigenvalue weighted by Crippen LogP contribution is -2.36. The van der Waals surface area contributed by atoms with E-state index in [2.05, 4.69) is 10.3 Å². The Bertz CT molecular complexity index is 485. The van der Waals surface area contributed by atoms with Gasteiger partial charge in [-0.15, -0.1) is 0 Å². The molecule has 4 nitrogen and oxygen atoms in total. The van der Waals surface area contributed by atoms with Gasteiger partial charge in [-0.05, 0) is 31.4 Å². The molecule has 1 fully saturated rings. The second-order valence-electron chi connectivity index (χ2n) is 5.05. The fourth-order valence-corrected chi connectivity index (χ4v) is 2.30. The molecule has 0 unspecified atom stereocenters. The number of likely N-dealkylation sites (tertiary alicyclic amines) is 1. The number of hydrogen-bond donors (Lipinski definition) is 1. The summed E-state index contributed by atoms with van der Waals surface area (Å²) < 4.78 is 37.6. The molecule has 0 saturated carbocycles. The molecule has 1 aromatic rings. The maximum atomic E-state index is 12.5. The first-order valence-electron chi connectivity index (χ1n) is 7.02. The van der Waals surface area contributed by atoms with E-state index in [-0.39, 0.29) is 24.7 Å². The van der Waals surface area contributed by atoms with Gasteiger partial charge in [-0.2, -0.15) is 13.2 Å². The van der Waals surface area contributed by atoms with Crippen LogP contribution in [0.5, 0.6) is 0 Å². The molecule has 21 heavy (non-hydrogen) atoms. The van der Waals surface area contributed by atoms with E-state index in [0.717, 1.165) is 50.7 Å². The largest absolute Gasteiger partial charge is 0.416 e. The van der Waals surface area contributed by atoms with Gasteiger partial charge in [0.25, 0.3) is 0 Å². The second-order valence-corrected chi connectivity index (χ2v) is 5.05. The molecule has 0 aliphatic carbocycles. The molecule has 0 atom stereocenters. The van der Waals surface area contributed by atoms with Gasteiger partial charge in [0.05, 0.1) is 5.56 Å². The van der Waals surface area contributed by atoms with Gasteiger partial charge in [0, 0.05) is 32.3 Å². The average Bonchev–Trinajstić information content (AvgIpc) is 2.47. The highest BCUT2D eigenvalue weighted by molar-refractivity contribution is 5.76. The molecular weight excluding hydrogens is 283 g/mol. The van der Waals surface area contributed by atoms with Crippen molar-refractivity contribution in [1.29, 1.82) is 0 Å². The number of carbonyl (C=O) groups is 1. The minimum atomic E-state index is -4.39. The lowest BCUT2D eigenvalue weighted by Gasteiger charge is -2.26. The third-order valence-electron chi connectivity index (χ3n) is 3.44. The number of aromatic nitrogens is 1. The average molecular weight is 301 g/mol. The van der Waals surface area contributed by atoms with E-state index in [4.69, 9.17) is 0 Å². The van der Waals surface area contributed by atoms with Crippen molar-refractivity contribution in [3.05, 3.63) is 23.9 Å². The SMILES string of the molecule is O=C(CCNc1cc(C(F)(F)F)ccn1)N1CCCCC1. The Labute approximate surface area is 121 Å². The number of rotatable bonds is 4. The van der Waals surface area contributed by atoms with Crippen LogP contribution in [0.3, 0.4) is 0 Å². The Morgan fingerprint density at radius 3 is 2.67 bits per heavy atom. The van der Waals surface area contributed by atoms with Crippen LogP contribution in [0, 0.1) is 0 Å². The summed E-state index contributed by atoms with van der Waals surface area (Å²) in [6, 6.07) is 1.87. The van der Waals surface area contributed by atoms with Crippen LogP contribution in [-0.4, -0.2) is 35.4 Å². The van der Waals surface area contributed by atoms with Crippen LogP contribution in [0.2, 0.25) is 0 Å². The normalized spacial score (nSPS) is 15.9. The Morgan fingerprint density at radius 2 is 2.00 bits per heavy atom. The first-order valence-corrected chi connectivity index (χ1v) is 7.02. The summed E-state index contributed by atoms with van der Waals surface area (Å²) in [7, 11) is 0. The molecule has 1 N–H and O–H groups in total. The zero-order chi connectivity index (χ0) is 15.3. The number of nitrogens with zero attached hydrogens (tertiary/aromatic N) is 2. The summed E-state index contributed by atoms with van der Waals surface area (Å²) in [4.78, 5) is 17.5. The van der Waals surface area contributed by atoms with Gasteiger partial charge in [-0.25, -0.2) is 4.98 Å². The van der Waals surface area contributed by atoms with Gasteiger partial charge in [0.1, 0.15) is 5.82 Å². The molecule has 1 amide bonds. The van der Waals surface area contributed by atoms with E-state index in [1.807, 2.05) is 4.90 Å². The fourth-order valence-electron chi connectivity index (χ4n) is 2.30. The molecule has 116 valence electrons. The van der Waals surface area contributed by atoms with E-state index in [1.54, 1.807) is 0 Å². The van der Waals surface area contributed by atoms with Crippen LogP contribution in [0.4, 0.5) is 19.0 Å². The van der Waals surface area contributed by atoms with Crippen molar-refractivity contribution in [3.63, 3.8) is 0 Å². The highest BCUT2D eigenvalue weighted by Gasteiger charge is 2.30. The monoisotopic (exact) mass is 301 g/mol. The summed E-state index contributed by atoms with van der Waals surface area (Å²) >= 11 is 0. The number of hydrogen-bond acceptors (Lipinski definition) is 3. The summed E-state index contributed by atoms with van der Waals surface area (Å²) in [6.07, 6.45) is 0.178. The molecule has 2 heterocycles. The van der Waals surface area contributed by atoms with Crippen molar-refractivity contribution in [2.24, 2.45) is 0 Å². The quantitative estimate of drug-likeness (QED) is 0.930. The number of piperidine rings is 1. The standard InChI is InChI=1S/C14H18F3N3O/c15-14(16,17)11-4-6-18-12(10-11)19-7-5-13(21)20-8-2-1-3-9-20/h4,6,10H,1-3,5,7-9H2,(H,18,19). The lowest BCUT2D eigenvalue weighted by molar-refractivity contribution is -0.137. The highest BCUT2D eigenvalue weighted by atomic mass is 19.4. The highest BCUT2D eigenvalue weighted by Crippen LogP contribution is 2.29. The van der Waals surface area contributed by atoms with Gasteiger partial charge < -0.3 is 10.2 Å². The topological polar surface area (TPSA) is 45.2 Å². The number of carbonyl (C=O) groups excluding carboxylic acids is 1. The van der Waals surface area contributed by atoms with Gasteiger partial charge in [0.15, 0.2) is 0 Å². The maximum Gasteiger partial charge on any atom is 0.416 e. The zero-order valence-corrected chi connectivity index (χ0v) is 11.6. The van der Waals surface area contributed by atoms with Crippen LogP contribution in [-0.2, 0) is 11.0 Å². The van der Waals surface area contributed by atoms with Crippen LogP contribution >= 0.6 is 0 Å². The minimum Gasteiger partial charge on any atom is -0.370 e. The fraction of sp³-hybridized carbons (Fsp3) is 0.571. The molecule has 0 bridgehead atoms. The Kier molecular flexibility index (Phi) is 5.03. The first-order chi connectivity index (χ1) is 9.97. The van der Waals surface area contributed by atoms with E-state index in [0.29, 0.717) is 0 Å². The second kappa shape index (κ2) is 6.78. The summed E-state index contributed by atoms with van der Waals surface area (Å²) in [5.74, 6) is 0.172. The third kappa shape index (κ3) is 4.61. The predicted octanol–water partition coefficient (Wildman–Crippen LogP) is 2.91. The molecule has 7 heteroatoms. The minimum absolute atomic E-state index is 0.0363. The molecule has 1 aromatic heterocycles. The number of alkyl halides is 3. The van der Waals surface area contributed by atoms with Gasteiger partial charge in [-0.3, -0.25) is 4.79 Å². The van der Waals surface area contributed by atoms with Gasteiger partial charge in [0.2, 0.25) is 5.91 Å². The smallest absolute Gasteiger partial charge is 0.370 e. The lowest BCUT2D eigenvalue weighted by atomic mass is 10.1. The molecular formula is C14H18F3N3O. The summed E-state index contributed by atoms with van der Waals surface area (Å²) in [6.45, 7) is 1.84.